The molecule has 0 amide bonds. The molecule has 1 aliphatic heterocycles. The van der Waals surface area contributed by atoms with Crippen LogP contribution in [0.5, 0.6) is 0 Å². The van der Waals surface area contributed by atoms with E-state index in [9.17, 15) is 13.7 Å². The second-order valence-corrected chi connectivity index (χ2v) is 12.0. The van der Waals surface area contributed by atoms with Crippen LogP contribution in [0.15, 0.2) is 53.4 Å². The number of hydrogen-bond donors (Lipinski definition) is 3. The highest BCUT2D eigenvalue weighted by molar-refractivity contribution is 7.93. The minimum atomic E-state index is -3.95. The SMILES string of the molecule is CC(CO)CNS(=O)(=O)/C(C#N)=C/c1ccc(-c2ccc3cc(NCCN4CCOCC4)ccc3c2)s1. The molecule has 3 aromatic rings. The number of hydrogen-bond acceptors (Lipinski definition) is 8. The molecule has 37 heavy (non-hydrogen) atoms. The maximum atomic E-state index is 12.5. The van der Waals surface area contributed by atoms with Crippen LogP contribution in [0.25, 0.3) is 27.3 Å². The Kier molecular flexibility index (Phi) is 9.32. The Morgan fingerprint density at radius 1 is 1.19 bits per heavy atom. The van der Waals surface area contributed by atoms with Gasteiger partial charge in [0.05, 0.1) is 13.2 Å². The third-order valence-corrected chi connectivity index (χ3v) is 8.64. The Morgan fingerprint density at radius 3 is 2.70 bits per heavy atom. The maximum absolute atomic E-state index is 12.5. The van der Waals surface area contributed by atoms with Crippen molar-refractivity contribution in [1.29, 1.82) is 5.26 Å². The first-order valence-electron chi connectivity index (χ1n) is 12.3. The lowest BCUT2D eigenvalue weighted by atomic mass is 10.1. The molecule has 0 spiro atoms. The molecule has 1 atom stereocenters. The third-order valence-electron chi connectivity index (χ3n) is 6.22. The van der Waals surface area contributed by atoms with E-state index >= 15 is 0 Å². The van der Waals surface area contributed by atoms with Gasteiger partial charge in [0.15, 0.2) is 4.91 Å². The van der Waals surface area contributed by atoms with Crippen molar-refractivity contribution in [2.45, 2.75) is 6.92 Å². The molecule has 1 aromatic heterocycles. The van der Waals surface area contributed by atoms with Gasteiger partial charge >= 0.3 is 0 Å². The normalized spacial score (nSPS) is 16.0. The van der Waals surface area contributed by atoms with Gasteiger partial charge in [-0.25, -0.2) is 13.1 Å². The van der Waals surface area contributed by atoms with E-state index in [1.807, 2.05) is 12.1 Å². The summed E-state index contributed by atoms with van der Waals surface area (Å²) < 4.78 is 32.8. The number of rotatable bonds is 11. The van der Waals surface area contributed by atoms with E-state index in [1.54, 1.807) is 13.0 Å². The zero-order chi connectivity index (χ0) is 26.3. The fourth-order valence-electron chi connectivity index (χ4n) is 3.97. The predicted octanol–water partition coefficient (Wildman–Crippen LogP) is 3.72. The van der Waals surface area contributed by atoms with Gasteiger partial charge in [-0.2, -0.15) is 5.26 Å². The fourth-order valence-corrected chi connectivity index (χ4v) is 6.06. The Morgan fingerprint density at radius 2 is 1.95 bits per heavy atom. The minimum absolute atomic E-state index is 0.0652. The summed E-state index contributed by atoms with van der Waals surface area (Å²) in [5.41, 5.74) is 2.12. The smallest absolute Gasteiger partial charge is 0.250 e. The number of fused-ring (bicyclic) bond motifs is 1. The summed E-state index contributed by atoms with van der Waals surface area (Å²) in [6, 6.07) is 18.1. The molecule has 0 saturated carbocycles. The van der Waals surface area contributed by atoms with Crippen molar-refractivity contribution in [3.8, 4) is 16.5 Å². The van der Waals surface area contributed by atoms with E-state index in [0.29, 0.717) is 4.88 Å². The Bertz CT molecular complexity index is 1390. The summed E-state index contributed by atoms with van der Waals surface area (Å²) >= 11 is 1.43. The van der Waals surface area contributed by atoms with E-state index in [2.05, 4.69) is 51.3 Å². The number of nitrogens with one attached hydrogen (secondary N) is 2. The molecule has 1 aliphatic rings. The first-order valence-corrected chi connectivity index (χ1v) is 14.6. The fraction of sp³-hybridized carbons (Fsp3) is 0.370. The highest BCUT2D eigenvalue weighted by Crippen LogP contribution is 2.32. The Labute approximate surface area is 222 Å². The van der Waals surface area contributed by atoms with Gasteiger partial charge in [0.1, 0.15) is 6.07 Å². The molecule has 1 unspecified atom stereocenters. The average molecular weight is 541 g/mol. The molecule has 4 rings (SSSR count). The zero-order valence-electron chi connectivity index (χ0n) is 20.8. The average Bonchev–Trinajstić information content (AvgIpc) is 3.39. The van der Waals surface area contributed by atoms with Gasteiger partial charge in [-0.05, 0) is 58.7 Å². The minimum Gasteiger partial charge on any atom is -0.396 e. The summed E-state index contributed by atoms with van der Waals surface area (Å²) in [5, 5.41) is 24.3. The number of anilines is 1. The number of nitrogens with zero attached hydrogens (tertiary/aromatic N) is 2. The predicted molar refractivity (Wildman–Crippen MR) is 150 cm³/mol. The van der Waals surface area contributed by atoms with Crippen LogP contribution in [0.3, 0.4) is 0 Å². The quantitative estimate of drug-likeness (QED) is 0.318. The Hall–Kier alpha value is -2.78. The number of sulfonamides is 1. The lowest BCUT2D eigenvalue weighted by Crippen LogP contribution is -2.38. The molecular formula is C27H32N4O4S2. The number of morpholine rings is 1. The van der Waals surface area contributed by atoms with Crippen molar-refractivity contribution in [2.75, 3.05) is 57.9 Å². The van der Waals surface area contributed by atoms with Gasteiger partial charge in [0.25, 0.3) is 10.0 Å². The van der Waals surface area contributed by atoms with Gasteiger partial charge in [0, 0.05) is 54.8 Å². The lowest BCUT2D eigenvalue weighted by Gasteiger charge is -2.26. The van der Waals surface area contributed by atoms with Crippen molar-refractivity contribution >= 4 is 43.9 Å². The van der Waals surface area contributed by atoms with Crippen LogP contribution >= 0.6 is 11.3 Å². The Balaban J connectivity index is 1.43. The number of benzene rings is 2. The summed E-state index contributed by atoms with van der Waals surface area (Å²) in [5.74, 6) is -0.238. The summed E-state index contributed by atoms with van der Waals surface area (Å²) in [6.45, 7) is 7.09. The lowest BCUT2D eigenvalue weighted by molar-refractivity contribution is 0.0398. The zero-order valence-corrected chi connectivity index (χ0v) is 22.4. The second kappa shape index (κ2) is 12.6. The molecule has 2 aromatic carbocycles. The van der Waals surface area contributed by atoms with Crippen LogP contribution in [0.4, 0.5) is 5.69 Å². The largest absolute Gasteiger partial charge is 0.396 e. The molecule has 196 valence electrons. The molecule has 0 bridgehead atoms. The van der Waals surface area contributed by atoms with Crippen molar-refractivity contribution in [1.82, 2.24) is 9.62 Å². The van der Waals surface area contributed by atoms with Crippen LogP contribution in [0, 0.1) is 17.2 Å². The first kappa shape index (κ1) is 27.3. The van der Waals surface area contributed by atoms with Crippen LogP contribution < -0.4 is 10.0 Å². The molecule has 8 nitrogen and oxygen atoms in total. The molecule has 3 N–H and O–H groups in total. The molecule has 1 fully saturated rings. The third kappa shape index (κ3) is 7.38. The van der Waals surface area contributed by atoms with Crippen molar-refractivity contribution in [3.63, 3.8) is 0 Å². The number of aliphatic hydroxyl groups is 1. The maximum Gasteiger partial charge on any atom is 0.250 e. The molecule has 2 heterocycles. The van der Waals surface area contributed by atoms with Gasteiger partial charge in [0.2, 0.25) is 0 Å². The number of ether oxygens (including phenoxy) is 1. The summed E-state index contributed by atoms with van der Waals surface area (Å²) in [6.07, 6.45) is 1.38. The van der Waals surface area contributed by atoms with Gasteiger partial charge < -0.3 is 15.2 Å². The van der Waals surface area contributed by atoms with Crippen LogP contribution in [-0.2, 0) is 14.8 Å². The second-order valence-electron chi connectivity index (χ2n) is 9.12. The van der Waals surface area contributed by atoms with Crippen molar-refractivity contribution in [2.24, 2.45) is 5.92 Å². The van der Waals surface area contributed by atoms with Gasteiger partial charge in [-0.15, -0.1) is 11.3 Å². The van der Waals surface area contributed by atoms with Crippen LogP contribution in [-0.4, -0.2) is 71.0 Å². The van der Waals surface area contributed by atoms with E-state index < -0.39 is 10.0 Å². The molecule has 10 heteroatoms. The number of allylic oxidation sites excluding steroid dienone is 1. The van der Waals surface area contributed by atoms with Crippen LogP contribution in [0.2, 0.25) is 0 Å². The van der Waals surface area contributed by atoms with Crippen molar-refractivity contribution in [3.05, 3.63) is 58.3 Å². The monoisotopic (exact) mass is 540 g/mol. The van der Waals surface area contributed by atoms with Gasteiger partial charge in [-0.1, -0.05) is 25.1 Å². The molecular weight excluding hydrogens is 508 g/mol. The number of aliphatic hydroxyl groups excluding tert-OH is 1. The summed E-state index contributed by atoms with van der Waals surface area (Å²) in [7, 11) is -3.95. The van der Waals surface area contributed by atoms with E-state index in [0.717, 1.165) is 66.3 Å². The van der Waals surface area contributed by atoms with Crippen molar-refractivity contribution < 1.29 is 18.3 Å². The number of nitriles is 1. The molecule has 0 radical (unpaired) electrons. The molecule has 0 aliphatic carbocycles. The summed E-state index contributed by atoms with van der Waals surface area (Å²) in [4.78, 5) is 3.71. The topological polar surface area (TPSA) is 115 Å². The molecule has 1 saturated heterocycles. The van der Waals surface area contributed by atoms with E-state index in [1.165, 1.54) is 17.4 Å². The first-order chi connectivity index (χ1) is 17.9. The highest BCUT2D eigenvalue weighted by Gasteiger charge is 2.19. The number of thiophene rings is 1. The van der Waals surface area contributed by atoms with Crippen LogP contribution in [0.1, 0.15) is 11.8 Å². The van der Waals surface area contributed by atoms with E-state index in [4.69, 9.17) is 9.84 Å². The highest BCUT2D eigenvalue weighted by atomic mass is 32.2. The standard InChI is InChI=1S/C27H32N4O4S2/c1-20(19-32)18-30-37(33,34)26(17-28)16-25-6-7-27(36-25)23-3-2-22-15-24(5-4-21(22)14-23)29-8-9-31-10-12-35-13-11-31/h2-7,14-16,20,29-30,32H,8-13,18-19H2,1H3/b26-16+. The van der Waals surface area contributed by atoms with E-state index in [-0.39, 0.29) is 24.0 Å². The van der Waals surface area contributed by atoms with Gasteiger partial charge in [-0.3, -0.25) is 4.90 Å².